The van der Waals surface area contributed by atoms with Crippen molar-refractivity contribution in [3.8, 4) is 11.5 Å². The number of nitrogens with one attached hydrogen (secondary N) is 1. The van der Waals surface area contributed by atoms with Gasteiger partial charge in [0.15, 0.2) is 0 Å². The molecule has 1 saturated heterocycles. The number of amides is 2. The Bertz CT molecular complexity index is 730. The summed E-state index contributed by atoms with van der Waals surface area (Å²) in [5.74, 6) is 1.49. The molecule has 0 aromatic heterocycles. The molecular formula is C21H26N2O3. The second-order valence-electron chi connectivity index (χ2n) is 6.46. The second kappa shape index (κ2) is 8.61. The van der Waals surface area contributed by atoms with E-state index in [1.807, 2.05) is 41.3 Å². The molecule has 2 aromatic carbocycles. The van der Waals surface area contributed by atoms with Gasteiger partial charge in [-0.25, -0.2) is 4.79 Å². The maximum Gasteiger partial charge on any atom is 0.322 e. The molecular weight excluding hydrogens is 328 g/mol. The van der Waals surface area contributed by atoms with E-state index in [4.69, 9.17) is 9.47 Å². The maximum atomic E-state index is 13.0. The number of para-hydroxylation sites is 2. The summed E-state index contributed by atoms with van der Waals surface area (Å²) in [7, 11) is 3.27. The zero-order valence-electron chi connectivity index (χ0n) is 15.4. The molecule has 138 valence electrons. The number of hydrogen-bond acceptors (Lipinski definition) is 3. The molecule has 2 amide bonds. The van der Waals surface area contributed by atoms with Crippen LogP contribution in [0.3, 0.4) is 0 Å². The molecule has 3 rings (SSSR count). The summed E-state index contributed by atoms with van der Waals surface area (Å²) in [6.07, 6.45) is 4.25. The van der Waals surface area contributed by atoms with Crippen LogP contribution in [-0.2, 0) is 0 Å². The van der Waals surface area contributed by atoms with E-state index in [1.165, 1.54) is 0 Å². The van der Waals surface area contributed by atoms with Gasteiger partial charge in [0.1, 0.15) is 11.5 Å². The number of carbonyl (C=O) groups excluding carboxylic acids is 1. The third kappa shape index (κ3) is 4.10. The standard InChI is InChI=1S/C21H26N2O3/c1-25-17-13-11-16(12-14-17)19-9-4-3-7-15-23(19)21(24)22-18-8-5-6-10-20(18)26-2/h5-6,8,10-14,19H,3-4,7,9,15H2,1-2H3,(H,22,24)/t19-/m0/s1. The molecule has 1 heterocycles. The molecule has 0 saturated carbocycles. The zero-order chi connectivity index (χ0) is 18.4. The molecule has 5 heteroatoms. The van der Waals surface area contributed by atoms with Gasteiger partial charge in [-0.05, 0) is 42.7 Å². The molecule has 0 bridgehead atoms. The van der Waals surface area contributed by atoms with Gasteiger partial charge in [-0.2, -0.15) is 0 Å². The summed E-state index contributed by atoms with van der Waals surface area (Å²) < 4.78 is 10.6. The van der Waals surface area contributed by atoms with E-state index in [2.05, 4.69) is 17.4 Å². The highest BCUT2D eigenvalue weighted by Crippen LogP contribution is 2.32. The number of rotatable bonds is 4. The van der Waals surface area contributed by atoms with E-state index < -0.39 is 0 Å². The summed E-state index contributed by atoms with van der Waals surface area (Å²) >= 11 is 0. The van der Waals surface area contributed by atoms with Crippen molar-refractivity contribution in [2.75, 3.05) is 26.1 Å². The van der Waals surface area contributed by atoms with Crippen LogP contribution in [0, 0.1) is 0 Å². The van der Waals surface area contributed by atoms with Crippen molar-refractivity contribution in [3.63, 3.8) is 0 Å². The lowest BCUT2D eigenvalue weighted by Gasteiger charge is -2.31. The topological polar surface area (TPSA) is 50.8 Å². The van der Waals surface area contributed by atoms with Gasteiger partial charge in [0.05, 0.1) is 25.9 Å². The van der Waals surface area contributed by atoms with Crippen molar-refractivity contribution in [2.45, 2.75) is 31.7 Å². The number of likely N-dealkylation sites (tertiary alicyclic amines) is 1. The van der Waals surface area contributed by atoms with E-state index in [9.17, 15) is 4.79 Å². The van der Waals surface area contributed by atoms with Crippen LogP contribution in [0.5, 0.6) is 11.5 Å². The van der Waals surface area contributed by atoms with Crippen LogP contribution in [0.15, 0.2) is 48.5 Å². The summed E-state index contributed by atoms with van der Waals surface area (Å²) in [6, 6.07) is 15.5. The SMILES string of the molecule is COc1ccc([C@@H]2CCCCCN2C(=O)Nc2ccccc2OC)cc1. The summed E-state index contributed by atoms with van der Waals surface area (Å²) in [5, 5.41) is 3.02. The van der Waals surface area contributed by atoms with Crippen LogP contribution in [0.4, 0.5) is 10.5 Å². The van der Waals surface area contributed by atoms with Crippen molar-refractivity contribution in [3.05, 3.63) is 54.1 Å². The van der Waals surface area contributed by atoms with Gasteiger partial charge >= 0.3 is 6.03 Å². The molecule has 0 radical (unpaired) electrons. The van der Waals surface area contributed by atoms with Crippen molar-refractivity contribution in [1.29, 1.82) is 0 Å². The monoisotopic (exact) mass is 354 g/mol. The first-order chi connectivity index (χ1) is 12.7. The Morgan fingerprint density at radius 3 is 2.50 bits per heavy atom. The molecule has 0 spiro atoms. The van der Waals surface area contributed by atoms with Gasteiger partial charge in [0, 0.05) is 6.54 Å². The summed E-state index contributed by atoms with van der Waals surface area (Å²) in [4.78, 5) is 15.0. The number of nitrogens with zero attached hydrogens (tertiary/aromatic N) is 1. The first kappa shape index (κ1) is 18.1. The minimum atomic E-state index is -0.0859. The zero-order valence-corrected chi connectivity index (χ0v) is 15.4. The molecule has 5 nitrogen and oxygen atoms in total. The number of hydrogen-bond donors (Lipinski definition) is 1. The van der Waals surface area contributed by atoms with E-state index >= 15 is 0 Å². The molecule has 1 N–H and O–H groups in total. The Kier molecular flexibility index (Phi) is 6.00. The van der Waals surface area contributed by atoms with Crippen LogP contribution < -0.4 is 14.8 Å². The fraction of sp³-hybridized carbons (Fsp3) is 0.381. The molecule has 0 aliphatic carbocycles. The predicted octanol–water partition coefficient (Wildman–Crippen LogP) is 4.85. The molecule has 1 aliphatic heterocycles. The average molecular weight is 354 g/mol. The first-order valence-corrected chi connectivity index (χ1v) is 9.07. The molecule has 1 aliphatic rings. The third-order valence-electron chi connectivity index (χ3n) is 4.86. The Hall–Kier alpha value is -2.69. The lowest BCUT2D eigenvalue weighted by molar-refractivity contribution is 0.189. The third-order valence-corrected chi connectivity index (χ3v) is 4.86. The first-order valence-electron chi connectivity index (χ1n) is 9.07. The quantitative estimate of drug-likeness (QED) is 0.853. The van der Waals surface area contributed by atoms with Gasteiger partial charge in [-0.3, -0.25) is 0 Å². The molecule has 0 unspecified atom stereocenters. The van der Waals surface area contributed by atoms with E-state index in [0.29, 0.717) is 11.4 Å². The van der Waals surface area contributed by atoms with Crippen LogP contribution in [0.2, 0.25) is 0 Å². The number of benzene rings is 2. The summed E-state index contributed by atoms with van der Waals surface area (Å²) in [5.41, 5.74) is 1.83. The number of methoxy groups -OCH3 is 2. The molecule has 1 fully saturated rings. The lowest BCUT2D eigenvalue weighted by Crippen LogP contribution is -2.38. The fourth-order valence-electron chi connectivity index (χ4n) is 3.46. The number of urea groups is 1. The Morgan fingerprint density at radius 1 is 1.00 bits per heavy atom. The van der Waals surface area contributed by atoms with Gasteiger partial charge in [0.25, 0.3) is 0 Å². The highest BCUT2D eigenvalue weighted by atomic mass is 16.5. The normalized spacial score (nSPS) is 17.3. The van der Waals surface area contributed by atoms with Crippen LogP contribution >= 0.6 is 0 Å². The van der Waals surface area contributed by atoms with Crippen molar-refractivity contribution >= 4 is 11.7 Å². The largest absolute Gasteiger partial charge is 0.497 e. The second-order valence-corrected chi connectivity index (χ2v) is 6.46. The highest BCUT2D eigenvalue weighted by molar-refractivity contribution is 5.91. The molecule has 2 aromatic rings. The Balaban J connectivity index is 1.82. The van der Waals surface area contributed by atoms with Crippen LogP contribution in [0.25, 0.3) is 0 Å². The van der Waals surface area contributed by atoms with Gasteiger partial charge < -0.3 is 19.7 Å². The van der Waals surface area contributed by atoms with E-state index in [-0.39, 0.29) is 12.1 Å². The van der Waals surface area contributed by atoms with Crippen LogP contribution in [0.1, 0.15) is 37.3 Å². The Labute approximate surface area is 154 Å². The van der Waals surface area contributed by atoms with Crippen LogP contribution in [-0.4, -0.2) is 31.7 Å². The van der Waals surface area contributed by atoms with Gasteiger partial charge in [-0.1, -0.05) is 37.1 Å². The smallest absolute Gasteiger partial charge is 0.322 e. The number of anilines is 1. The summed E-state index contributed by atoms with van der Waals surface area (Å²) in [6.45, 7) is 0.748. The Morgan fingerprint density at radius 2 is 1.77 bits per heavy atom. The lowest BCUT2D eigenvalue weighted by atomic mass is 10.0. The van der Waals surface area contributed by atoms with E-state index in [1.54, 1.807) is 14.2 Å². The van der Waals surface area contributed by atoms with Crippen molar-refractivity contribution in [1.82, 2.24) is 4.90 Å². The minimum Gasteiger partial charge on any atom is -0.497 e. The van der Waals surface area contributed by atoms with Crippen molar-refractivity contribution < 1.29 is 14.3 Å². The number of ether oxygens (including phenoxy) is 2. The fourth-order valence-corrected chi connectivity index (χ4v) is 3.46. The van der Waals surface area contributed by atoms with Gasteiger partial charge in [0.2, 0.25) is 0 Å². The average Bonchev–Trinajstić information content (AvgIpc) is 2.94. The molecule has 26 heavy (non-hydrogen) atoms. The highest BCUT2D eigenvalue weighted by Gasteiger charge is 2.27. The molecule has 1 atom stereocenters. The minimum absolute atomic E-state index is 0.0677. The number of carbonyl (C=O) groups is 1. The van der Waals surface area contributed by atoms with Gasteiger partial charge in [-0.15, -0.1) is 0 Å². The maximum absolute atomic E-state index is 13.0. The predicted molar refractivity (Wildman–Crippen MR) is 103 cm³/mol. The van der Waals surface area contributed by atoms with E-state index in [0.717, 1.165) is 43.5 Å². The van der Waals surface area contributed by atoms with Crippen molar-refractivity contribution in [2.24, 2.45) is 0 Å².